The average Bonchev–Trinajstić information content (AvgIpc) is 3.37. The number of nitrogens with zero attached hydrogens (tertiary/aromatic N) is 2. The van der Waals surface area contributed by atoms with Crippen molar-refractivity contribution in [2.24, 2.45) is 0 Å². The maximum Gasteiger partial charge on any atom is 0.404 e. The first kappa shape index (κ1) is 18.9. The van der Waals surface area contributed by atoms with Gasteiger partial charge in [-0.05, 0) is 24.0 Å². The zero-order valence-corrected chi connectivity index (χ0v) is 16.2. The van der Waals surface area contributed by atoms with E-state index < -0.39 is 12.0 Å². The van der Waals surface area contributed by atoms with Crippen molar-refractivity contribution in [3.63, 3.8) is 0 Å². The number of amides is 3. The van der Waals surface area contributed by atoms with E-state index in [0.717, 1.165) is 12.8 Å². The molecule has 0 atom stereocenters. The minimum absolute atomic E-state index is 0.0280. The molecule has 0 saturated heterocycles. The van der Waals surface area contributed by atoms with Gasteiger partial charge in [-0.25, -0.2) is 9.78 Å². The molecular formula is C19H19N5O4S. The topological polar surface area (TPSA) is 125 Å². The number of hydrogen-bond donors (Lipinski definition) is 4. The van der Waals surface area contributed by atoms with Crippen molar-refractivity contribution < 1.29 is 19.5 Å². The predicted molar refractivity (Wildman–Crippen MR) is 107 cm³/mol. The highest BCUT2D eigenvalue weighted by Gasteiger charge is 2.28. The van der Waals surface area contributed by atoms with Crippen molar-refractivity contribution in [3.05, 3.63) is 58.4 Å². The second-order valence-corrected chi connectivity index (χ2v) is 7.57. The number of carbonyl (C=O) groups excluding carboxylic acids is 2. The number of carboxylic acid groups (broad SMARTS) is 1. The Labute approximate surface area is 169 Å². The Balaban J connectivity index is 1.49. The average molecular weight is 413 g/mol. The Kier molecular flexibility index (Phi) is 5.17. The Hall–Kier alpha value is -3.40. The number of imidazole rings is 1. The third kappa shape index (κ3) is 3.92. The van der Waals surface area contributed by atoms with Gasteiger partial charge in [0.25, 0.3) is 11.8 Å². The van der Waals surface area contributed by atoms with Gasteiger partial charge in [0.15, 0.2) is 10.7 Å². The van der Waals surface area contributed by atoms with Crippen molar-refractivity contribution in [1.29, 1.82) is 0 Å². The number of thiazole rings is 1. The number of nitrogens with one attached hydrogen (secondary N) is 3. The van der Waals surface area contributed by atoms with Crippen LogP contribution in [-0.2, 0) is 12.8 Å². The van der Waals surface area contributed by atoms with E-state index in [2.05, 4.69) is 33.1 Å². The highest BCUT2D eigenvalue weighted by atomic mass is 32.1. The third-order valence-corrected chi connectivity index (χ3v) is 5.52. The Morgan fingerprint density at radius 1 is 1.10 bits per heavy atom. The summed E-state index contributed by atoms with van der Waals surface area (Å²) in [5, 5.41) is 18.2. The van der Waals surface area contributed by atoms with Crippen LogP contribution in [0.4, 0.5) is 4.79 Å². The van der Waals surface area contributed by atoms with E-state index in [9.17, 15) is 14.4 Å². The second kappa shape index (κ2) is 7.92. The summed E-state index contributed by atoms with van der Waals surface area (Å²) in [6, 6.07) is 8.04. The molecule has 2 aromatic heterocycles. The van der Waals surface area contributed by atoms with Crippen LogP contribution < -0.4 is 16.0 Å². The molecule has 150 valence electrons. The quantitative estimate of drug-likeness (QED) is 0.453. The molecule has 1 aliphatic rings. The standard InChI is InChI=1S/C19H19N5O4S/c25-16(20-5-6-21-19(27)28)14-15(24-7-8-29-18(24)23-14)17(26)22-13-9-11-3-1-2-4-12(11)10-13/h1-4,7-8,13,21H,5-6,9-10H2,(H,20,25)(H,22,26)(H,27,28). The Bertz CT molecular complexity index is 1060. The van der Waals surface area contributed by atoms with Crippen LogP contribution >= 0.6 is 11.3 Å². The summed E-state index contributed by atoms with van der Waals surface area (Å²) in [6.45, 7) is 0.153. The fourth-order valence-electron chi connectivity index (χ4n) is 3.50. The summed E-state index contributed by atoms with van der Waals surface area (Å²) in [7, 11) is 0. The van der Waals surface area contributed by atoms with E-state index in [1.165, 1.54) is 22.5 Å². The van der Waals surface area contributed by atoms with E-state index in [4.69, 9.17) is 5.11 Å². The van der Waals surface area contributed by atoms with Crippen LogP contribution in [0.3, 0.4) is 0 Å². The highest BCUT2D eigenvalue weighted by molar-refractivity contribution is 7.15. The molecule has 1 aliphatic carbocycles. The molecule has 3 amide bonds. The molecule has 3 aromatic rings. The van der Waals surface area contributed by atoms with Gasteiger partial charge in [0, 0.05) is 30.7 Å². The van der Waals surface area contributed by atoms with Crippen molar-refractivity contribution in [1.82, 2.24) is 25.3 Å². The molecule has 9 nitrogen and oxygen atoms in total. The number of aromatic nitrogens is 2. The van der Waals surface area contributed by atoms with Crippen LogP contribution in [0, 0.1) is 0 Å². The van der Waals surface area contributed by atoms with Crippen molar-refractivity contribution in [3.8, 4) is 0 Å². The number of carbonyl (C=O) groups is 3. The molecule has 0 aliphatic heterocycles. The molecule has 4 N–H and O–H groups in total. The lowest BCUT2D eigenvalue weighted by atomic mass is 10.1. The van der Waals surface area contributed by atoms with Gasteiger partial charge >= 0.3 is 6.09 Å². The molecule has 0 bridgehead atoms. The summed E-state index contributed by atoms with van der Waals surface area (Å²) >= 11 is 1.32. The molecule has 1 aromatic carbocycles. The van der Waals surface area contributed by atoms with Gasteiger partial charge < -0.3 is 21.1 Å². The summed E-state index contributed by atoms with van der Waals surface area (Å²) in [5.74, 6) is -0.879. The summed E-state index contributed by atoms with van der Waals surface area (Å²) < 4.78 is 1.60. The summed E-state index contributed by atoms with van der Waals surface area (Å²) in [5.41, 5.74) is 2.65. The molecule has 0 radical (unpaired) electrons. The van der Waals surface area contributed by atoms with E-state index in [1.54, 1.807) is 16.0 Å². The molecule has 2 heterocycles. The zero-order chi connectivity index (χ0) is 20.4. The SMILES string of the molecule is O=C(O)NCCNC(=O)c1nc2sccn2c1C(=O)NC1Cc2ccccc2C1. The molecule has 0 unspecified atom stereocenters. The van der Waals surface area contributed by atoms with Gasteiger partial charge in [-0.3, -0.25) is 14.0 Å². The molecule has 4 rings (SSSR count). The molecular weight excluding hydrogens is 394 g/mol. The van der Waals surface area contributed by atoms with Crippen molar-refractivity contribution in [2.45, 2.75) is 18.9 Å². The lowest BCUT2D eigenvalue weighted by Gasteiger charge is -2.12. The fraction of sp³-hybridized carbons (Fsp3) is 0.263. The Morgan fingerprint density at radius 2 is 1.79 bits per heavy atom. The van der Waals surface area contributed by atoms with Gasteiger partial charge in [-0.2, -0.15) is 0 Å². The maximum absolute atomic E-state index is 13.0. The van der Waals surface area contributed by atoms with E-state index in [-0.39, 0.29) is 36.4 Å². The van der Waals surface area contributed by atoms with Crippen LogP contribution in [0.5, 0.6) is 0 Å². The third-order valence-electron chi connectivity index (χ3n) is 4.77. The van der Waals surface area contributed by atoms with Gasteiger partial charge in [0.05, 0.1) is 0 Å². The molecule has 0 fully saturated rings. The van der Waals surface area contributed by atoms with Crippen molar-refractivity contribution in [2.75, 3.05) is 13.1 Å². The monoisotopic (exact) mass is 413 g/mol. The van der Waals surface area contributed by atoms with Gasteiger partial charge in [-0.1, -0.05) is 24.3 Å². The van der Waals surface area contributed by atoms with Crippen LogP contribution in [0.2, 0.25) is 0 Å². The van der Waals surface area contributed by atoms with E-state index in [1.807, 2.05) is 12.1 Å². The largest absolute Gasteiger partial charge is 0.465 e. The number of hydrogen-bond acceptors (Lipinski definition) is 5. The number of benzene rings is 1. The lowest BCUT2D eigenvalue weighted by molar-refractivity contribution is 0.0904. The molecule has 29 heavy (non-hydrogen) atoms. The van der Waals surface area contributed by atoms with Crippen LogP contribution in [-0.4, -0.2) is 51.5 Å². The molecule has 10 heteroatoms. The molecule has 0 saturated carbocycles. The van der Waals surface area contributed by atoms with E-state index >= 15 is 0 Å². The minimum Gasteiger partial charge on any atom is -0.465 e. The predicted octanol–water partition coefficient (Wildman–Crippen LogP) is 1.29. The fourth-order valence-corrected chi connectivity index (χ4v) is 4.22. The number of fused-ring (bicyclic) bond motifs is 2. The van der Waals surface area contributed by atoms with Crippen LogP contribution in [0.1, 0.15) is 32.1 Å². The second-order valence-electron chi connectivity index (χ2n) is 6.70. The smallest absolute Gasteiger partial charge is 0.404 e. The molecule has 0 spiro atoms. The normalized spacial score (nSPS) is 13.2. The van der Waals surface area contributed by atoms with Crippen LogP contribution in [0.25, 0.3) is 4.96 Å². The summed E-state index contributed by atoms with van der Waals surface area (Å²) in [6.07, 6.45) is 2.03. The number of rotatable bonds is 6. The Morgan fingerprint density at radius 3 is 2.48 bits per heavy atom. The zero-order valence-electron chi connectivity index (χ0n) is 15.3. The van der Waals surface area contributed by atoms with Gasteiger partial charge in [0.2, 0.25) is 0 Å². The first-order valence-electron chi connectivity index (χ1n) is 9.11. The maximum atomic E-state index is 13.0. The van der Waals surface area contributed by atoms with E-state index in [0.29, 0.717) is 4.96 Å². The first-order chi connectivity index (χ1) is 14.0. The summed E-state index contributed by atoms with van der Waals surface area (Å²) in [4.78, 5) is 40.9. The minimum atomic E-state index is -1.17. The van der Waals surface area contributed by atoms with Crippen LogP contribution in [0.15, 0.2) is 35.8 Å². The highest BCUT2D eigenvalue weighted by Crippen LogP contribution is 2.23. The van der Waals surface area contributed by atoms with Gasteiger partial charge in [0.1, 0.15) is 5.69 Å². The van der Waals surface area contributed by atoms with Crippen molar-refractivity contribution >= 4 is 34.2 Å². The first-order valence-corrected chi connectivity index (χ1v) is 9.99. The van der Waals surface area contributed by atoms with Gasteiger partial charge in [-0.15, -0.1) is 11.3 Å². The lowest BCUT2D eigenvalue weighted by Crippen LogP contribution is -2.38.